The van der Waals surface area contributed by atoms with Crippen LogP contribution in [0.1, 0.15) is 24.0 Å². The fourth-order valence-electron chi connectivity index (χ4n) is 1.61. The van der Waals surface area contributed by atoms with E-state index in [4.69, 9.17) is 0 Å². The van der Waals surface area contributed by atoms with Gasteiger partial charge in [-0.3, -0.25) is 0 Å². The largest absolute Gasteiger partial charge is 0.302 e. The molecule has 0 atom stereocenters. The van der Waals surface area contributed by atoms with E-state index < -0.39 is 5.41 Å². The summed E-state index contributed by atoms with van der Waals surface area (Å²) in [4.78, 5) is 10.8. The second-order valence-electron chi connectivity index (χ2n) is 3.76. The van der Waals surface area contributed by atoms with Gasteiger partial charge in [-0.15, -0.1) is 0 Å². The minimum absolute atomic E-state index is 0.254. The number of rotatable bonds is 2. The number of carbonyl (C=O) groups excluding carboxylic acids is 1. The van der Waals surface area contributed by atoms with E-state index in [0.717, 1.165) is 24.7 Å². The van der Waals surface area contributed by atoms with Crippen LogP contribution in [0.15, 0.2) is 18.2 Å². The van der Waals surface area contributed by atoms with E-state index in [2.05, 4.69) is 0 Å². The zero-order chi connectivity index (χ0) is 9.47. The van der Waals surface area contributed by atoms with E-state index in [1.165, 1.54) is 6.07 Å². The Morgan fingerprint density at radius 1 is 1.46 bits per heavy atom. The third-order valence-electron chi connectivity index (χ3n) is 2.67. The Bertz CT molecular complexity index is 353. The Labute approximate surface area is 76.6 Å². The first-order valence-corrected chi connectivity index (χ1v) is 4.41. The van der Waals surface area contributed by atoms with Gasteiger partial charge in [-0.05, 0) is 25.8 Å². The molecular formula is C11H11FO. The molecule has 0 aromatic heterocycles. The van der Waals surface area contributed by atoms with E-state index >= 15 is 0 Å². The summed E-state index contributed by atoms with van der Waals surface area (Å²) >= 11 is 0. The molecule has 68 valence electrons. The van der Waals surface area contributed by atoms with Crippen LogP contribution in [-0.2, 0) is 10.2 Å². The summed E-state index contributed by atoms with van der Waals surface area (Å²) in [5.74, 6) is -0.254. The van der Waals surface area contributed by atoms with Gasteiger partial charge in [-0.2, -0.15) is 0 Å². The summed E-state index contributed by atoms with van der Waals surface area (Å²) in [6, 6.07) is 4.94. The van der Waals surface area contributed by atoms with Gasteiger partial charge in [0.15, 0.2) is 0 Å². The van der Waals surface area contributed by atoms with Crippen LogP contribution in [0.4, 0.5) is 4.39 Å². The van der Waals surface area contributed by atoms with Gasteiger partial charge in [-0.25, -0.2) is 4.39 Å². The highest BCUT2D eigenvalue weighted by Gasteiger charge is 2.45. The molecule has 0 saturated heterocycles. The zero-order valence-corrected chi connectivity index (χ0v) is 7.51. The number of aldehydes is 1. The minimum Gasteiger partial charge on any atom is -0.302 e. The fourth-order valence-corrected chi connectivity index (χ4v) is 1.61. The molecule has 0 unspecified atom stereocenters. The average Bonchev–Trinajstić information content (AvgIpc) is 2.90. The molecule has 0 N–H and O–H groups in total. The van der Waals surface area contributed by atoms with Crippen LogP contribution in [0.25, 0.3) is 0 Å². The maximum Gasteiger partial charge on any atom is 0.130 e. The third-order valence-corrected chi connectivity index (χ3v) is 2.67. The number of halogens is 1. The summed E-state index contributed by atoms with van der Waals surface area (Å²) < 4.78 is 13.3. The van der Waals surface area contributed by atoms with Crippen molar-refractivity contribution in [1.29, 1.82) is 0 Å². The Hall–Kier alpha value is -1.18. The predicted octanol–water partition coefficient (Wildman–Crippen LogP) is 2.36. The molecule has 1 saturated carbocycles. The van der Waals surface area contributed by atoms with Crippen LogP contribution >= 0.6 is 0 Å². The van der Waals surface area contributed by atoms with Crippen LogP contribution in [-0.4, -0.2) is 6.29 Å². The van der Waals surface area contributed by atoms with Gasteiger partial charge in [0.1, 0.15) is 12.1 Å². The highest BCUT2D eigenvalue weighted by Crippen LogP contribution is 2.47. The predicted molar refractivity (Wildman–Crippen MR) is 48.1 cm³/mol. The summed E-state index contributed by atoms with van der Waals surface area (Å²) in [7, 11) is 0. The van der Waals surface area contributed by atoms with Gasteiger partial charge < -0.3 is 4.79 Å². The molecular weight excluding hydrogens is 167 g/mol. The number of hydrogen-bond acceptors (Lipinski definition) is 1. The Morgan fingerprint density at radius 2 is 2.15 bits per heavy atom. The lowest BCUT2D eigenvalue weighted by Crippen LogP contribution is -2.10. The molecule has 0 spiro atoms. The van der Waals surface area contributed by atoms with Crippen molar-refractivity contribution in [2.24, 2.45) is 0 Å². The zero-order valence-electron chi connectivity index (χ0n) is 7.51. The number of carbonyl (C=O) groups is 1. The monoisotopic (exact) mass is 178 g/mol. The van der Waals surface area contributed by atoms with Crippen molar-refractivity contribution < 1.29 is 9.18 Å². The van der Waals surface area contributed by atoms with Gasteiger partial charge in [0.25, 0.3) is 0 Å². The van der Waals surface area contributed by atoms with Gasteiger partial charge in [-0.1, -0.05) is 17.7 Å². The van der Waals surface area contributed by atoms with E-state index in [9.17, 15) is 9.18 Å². The molecule has 1 aliphatic carbocycles. The van der Waals surface area contributed by atoms with Crippen LogP contribution < -0.4 is 0 Å². The second kappa shape index (κ2) is 2.66. The standard InChI is InChI=1S/C11H11FO/c1-8-2-3-10(12)9(6-8)11(7-13)4-5-11/h2-3,6-7H,4-5H2,1H3. The Morgan fingerprint density at radius 3 is 2.69 bits per heavy atom. The van der Waals surface area contributed by atoms with Crippen LogP contribution in [0.3, 0.4) is 0 Å². The molecule has 0 radical (unpaired) electrons. The van der Waals surface area contributed by atoms with Crippen molar-refractivity contribution in [3.63, 3.8) is 0 Å². The summed E-state index contributed by atoms with van der Waals surface area (Å²) in [6.45, 7) is 1.91. The van der Waals surface area contributed by atoms with Crippen molar-refractivity contribution in [2.45, 2.75) is 25.2 Å². The van der Waals surface area contributed by atoms with Crippen molar-refractivity contribution in [3.05, 3.63) is 35.1 Å². The van der Waals surface area contributed by atoms with Crippen molar-refractivity contribution in [3.8, 4) is 0 Å². The average molecular weight is 178 g/mol. The highest BCUT2D eigenvalue weighted by atomic mass is 19.1. The molecule has 1 aliphatic rings. The van der Waals surface area contributed by atoms with Crippen molar-refractivity contribution in [1.82, 2.24) is 0 Å². The molecule has 1 nitrogen and oxygen atoms in total. The topological polar surface area (TPSA) is 17.1 Å². The number of benzene rings is 1. The summed E-state index contributed by atoms with van der Waals surface area (Å²) in [5, 5.41) is 0. The lowest BCUT2D eigenvalue weighted by Gasteiger charge is -2.09. The lowest BCUT2D eigenvalue weighted by molar-refractivity contribution is -0.109. The Balaban J connectivity index is 2.50. The maximum absolute atomic E-state index is 13.3. The molecule has 2 heteroatoms. The van der Waals surface area contributed by atoms with Crippen LogP contribution in [0.5, 0.6) is 0 Å². The molecule has 2 rings (SSSR count). The molecule has 0 aliphatic heterocycles. The summed E-state index contributed by atoms with van der Waals surface area (Å²) in [5.41, 5.74) is 1.09. The number of hydrogen-bond donors (Lipinski definition) is 0. The minimum atomic E-state index is -0.490. The quantitative estimate of drug-likeness (QED) is 0.635. The lowest BCUT2D eigenvalue weighted by atomic mass is 9.95. The fraction of sp³-hybridized carbons (Fsp3) is 0.364. The van der Waals surface area contributed by atoms with Crippen molar-refractivity contribution >= 4 is 6.29 Å². The van der Waals surface area contributed by atoms with E-state index in [1.807, 2.05) is 6.92 Å². The first-order valence-electron chi connectivity index (χ1n) is 4.41. The van der Waals surface area contributed by atoms with Gasteiger partial charge in [0, 0.05) is 5.56 Å². The molecule has 0 amide bonds. The van der Waals surface area contributed by atoms with Crippen LogP contribution in [0.2, 0.25) is 0 Å². The smallest absolute Gasteiger partial charge is 0.130 e. The molecule has 1 fully saturated rings. The highest BCUT2D eigenvalue weighted by molar-refractivity contribution is 5.73. The molecule has 0 bridgehead atoms. The van der Waals surface area contributed by atoms with Gasteiger partial charge >= 0.3 is 0 Å². The molecule has 0 heterocycles. The molecule has 1 aromatic rings. The van der Waals surface area contributed by atoms with Gasteiger partial charge in [0.05, 0.1) is 5.41 Å². The third kappa shape index (κ3) is 1.26. The molecule has 1 aromatic carbocycles. The Kier molecular flexibility index (Phi) is 1.72. The second-order valence-corrected chi connectivity index (χ2v) is 3.76. The molecule has 13 heavy (non-hydrogen) atoms. The van der Waals surface area contributed by atoms with E-state index in [0.29, 0.717) is 5.56 Å². The van der Waals surface area contributed by atoms with Crippen molar-refractivity contribution in [2.75, 3.05) is 0 Å². The van der Waals surface area contributed by atoms with Crippen LogP contribution in [0, 0.1) is 12.7 Å². The van der Waals surface area contributed by atoms with E-state index in [-0.39, 0.29) is 5.82 Å². The first-order chi connectivity index (χ1) is 6.18. The van der Waals surface area contributed by atoms with Gasteiger partial charge in [0.2, 0.25) is 0 Å². The van der Waals surface area contributed by atoms with E-state index in [1.54, 1.807) is 12.1 Å². The normalized spacial score (nSPS) is 18.3. The number of aryl methyl sites for hydroxylation is 1. The first kappa shape index (κ1) is 8.42. The maximum atomic E-state index is 13.3. The summed E-state index contributed by atoms with van der Waals surface area (Å²) in [6.07, 6.45) is 2.46. The SMILES string of the molecule is Cc1ccc(F)c(C2(C=O)CC2)c1.